The number of aryl methyl sites for hydroxylation is 2. The third-order valence-corrected chi connectivity index (χ3v) is 3.24. The summed E-state index contributed by atoms with van der Waals surface area (Å²) in [5.74, 6) is 0. The molecule has 19 heavy (non-hydrogen) atoms. The number of aromatic amines is 1. The Morgan fingerprint density at radius 2 is 1.95 bits per heavy atom. The summed E-state index contributed by atoms with van der Waals surface area (Å²) in [7, 11) is 0. The second-order valence-electron chi connectivity index (χ2n) is 4.94. The van der Waals surface area contributed by atoms with Gasteiger partial charge in [0.05, 0.1) is 0 Å². The highest BCUT2D eigenvalue weighted by atomic mass is 14.9. The molecule has 0 radical (unpaired) electrons. The van der Waals surface area contributed by atoms with Gasteiger partial charge in [0.1, 0.15) is 5.65 Å². The topological polar surface area (TPSA) is 40.7 Å². The first-order valence-corrected chi connectivity index (χ1v) is 6.45. The van der Waals surface area contributed by atoms with Gasteiger partial charge in [0, 0.05) is 30.0 Å². The fraction of sp³-hybridized carbons (Fsp3) is 0.188. The molecular formula is C16H17N3. The molecule has 3 aromatic rings. The third kappa shape index (κ3) is 2.45. The zero-order valence-corrected chi connectivity index (χ0v) is 11.2. The molecule has 2 heterocycles. The first kappa shape index (κ1) is 11.8. The number of anilines is 1. The largest absolute Gasteiger partial charge is 0.381 e. The highest BCUT2D eigenvalue weighted by Gasteiger charge is 2.03. The van der Waals surface area contributed by atoms with Crippen LogP contribution in [0.15, 0.2) is 42.7 Å². The van der Waals surface area contributed by atoms with E-state index in [0.29, 0.717) is 0 Å². The van der Waals surface area contributed by atoms with Crippen LogP contribution in [-0.4, -0.2) is 9.97 Å². The lowest BCUT2D eigenvalue weighted by Gasteiger charge is -2.08. The van der Waals surface area contributed by atoms with Crippen molar-refractivity contribution in [1.82, 2.24) is 9.97 Å². The van der Waals surface area contributed by atoms with Gasteiger partial charge in [-0.15, -0.1) is 0 Å². The van der Waals surface area contributed by atoms with Gasteiger partial charge >= 0.3 is 0 Å². The van der Waals surface area contributed by atoms with Crippen LogP contribution in [-0.2, 0) is 6.54 Å². The molecule has 0 spiro atoms. The molecule has 0 aliphatic carbocycles. The van der Waals surface area contributed by atoms with Gasteiger partial charge < -0.3 is 10.3 Å². The van der Waals surface area contributed by atoms with Crippen molar-refractivity contribution in [3.05, 3.63) is 59.4 Å². The molecule has 0 atom stereocenters. The monoisotopic (exact) mass is 251 g/mol. The SMILES string of the molecule is Cc1cc(C)cc(NCc2c[nH]c3ncccc23)c1. The van der Waals surface area contributed by atoms with Crippen molar-refractivity contribution in [3.8, 4) is 0 Å². The summed E-state index contributed by atoms with van der Waals surface area (Å²) < 4.78 is 0. The van der Waals surface area contributed by atoms with E-state index >= 15 is 0 Å². The van der Waals surface area contributed by atoms with Crippen molar-refractivity contribution in [2.24, 2.45) is 0 Å². The number of benzene rings is 1. The minimum absolute atomic E-state index is 0.800. The van der Waals surface area contributed by atoms with Crippen molar-refractivity contribution < 1.29 is 0 Å². The normalized spacial score (nSPS) is 10.8. The Labute approximate surface area is 112 Å². The van der Waals surface area contributed by atoms with Crippen LogP contribution < -0.4 is 5.32 Å². The maximum atomic E-state index is 4.30. The highest BCUT2D eigenvalue weighted by Crippen LogP contribution is 2.19. The van der Waals surface area contributed by atoms with E-state index in [1.54, 1.807) is 6.20 Å². The number of nitrogens with one attached hydrogen (secondary N) is 2. The molecule has 3 heteroatoms. The van der Waals surface area contributed by atoms with E-state index in [0.717, 1.165) is 17.9 Å². The minimum atomic E-state index is 0.800. The lowest BCUT2D eigenvalue weighted by atomic mass is 10.1. The standard InChI is InChI=1S/C16H17N3/c1-11-6-12(2)8-14(7-11)18-9-13-10-19-16-15(13)4-3-5-17-16/h3-8,10,18H,9H2,1-2H3,(H,17,19). The van der Waals surface area contributed by atoms with Crippen molar-refractivity contribution in [3.63, 3.8) is 0 Å². The molecule has 0 aliphatic rings. The molecular weight excluding hydrogens is 234 g/mol. The van der Waals surface area contributed by atoms with Crippen LogP contribution >= 0.6 is 0 Å². The first-order valence-electron chi connectivity index (χ1n) is 6.45. The van der Waals surface area contributed by atoms with Crippen LogP contribution in [0.1, 0.15) is 16.7 Å². The summed E-state index contributed by atoms with van der Waals surface area (Å²) in [4.78, 5) is 7.50. The van der Waals surface area contributed by atoms with Crippen molar-refractivity contribution in [2.75, 3.05) is 5.32 Å². The number of pyridine rings is 1. The summed E-state index contributed by atoms with van der Waals surface area (Å²) in [5.41, 5.74) is 5.91. The van der Waals surface area contributed by atoms with Crippen LogP contribution in [0, 0.1) is 13.8 Å². The summed E-state index contributed by atoms with van der Waals surface area (Å²) in [5, 5.41) is 4.65. The molecule has 3 rings (SSSR count). The first-order chi connectivity index (χ1) is 9.22. The summed E-state index contributed by atoms with van der Waals surface area (Å²) in [6, 6.07) is 10.6. The van der Waals surface area contributed by atoms with Gasteiger partial charge in [-0.05, 0) is 54.8 Å². The Morgan fingerprint density at radius 3 is 2.74 bits per heavy atom. The third-order valence-electron chi connectivity index (χ3n) is 3.24. The van der Waals surface area contributed by atoms with Crippen molar-refractivity contribution >= 4 is 16.7 Å². The van der Waals surface area contributed by atoms with Crippen LogP contribution in [0.2, 0.25) is 0 Å². The van der Waals surface area contributed by atoms with Crippen LogP contribution in [0.25, 0.3) is 11.0 Å². The quantitative estimate of drug-likeness (QED) is 0.743. The van der Waals surface area contributed by atoms with Gasteiger partial charge in [-0.2, -0.15) is 0 Å². The molecule has 0 amide bonds. The fourth-order valence-corrected chi connectivity index (χ4v) is 2.43. The fourth-order valence-electron chi connectivity index (χ4n) is 2.43. The van der Waals surface area contributed by atoms with E-state index in [-0.39, 0.29) is 0 Å². The van der Waals surface area contributed by atoms with Gasteiger partial charge in [-0.1, -0.05) is 6.07 Å². The Kier molecular flexibility index (Phi) is 2.95. The molecule has 96 valence electrons. The average Bonchev–Trinajstić information content (AvgIpc) is 2.78. The molecule has 0 fully saturated rings. The second-order valence-corrected chi connectivity index (χ2v) is 4.94. The lowest BCUT2D eigenvalue weighted by molar-refractivity contribution is 1.16. The van der Waals surface area contributed by atoms with E-state index in [4.69, 9.17) is 0 Å². The molecule has 0 saturated carbocycles. The average molecular weight is 251 g/mol. The van der Waals surface area contributed by atoms with Gasteiger partial charge in [0.25, 0.3) is 0 Å². The van der Waals surface area contributed by atoms with E-state index in [1.165, 1.54) is 22.1 Å². The van der Waals surface area contributed by atoms with Crippen LogP contribution in [0.4, 0.5) is 5.69 Å². The Balaban J connectivity index is 1.82. The molecule has 0 aliphatic heterocycles. The zero-order valence-electron chi connectivity index (χ0n) is 11.2. The van der Waals surface area contributed by atoms with Crippen LogP contribution in [0.5, 0.6) is 0 Å². The maximum Gasteiger partial charge on any atom is 0.137 e. The summed E-state index contributed by atoms with van der Waals surface area (Å²) in [6.07, 6.45) is 3.83. The van der Waals surface area contributed by atoms with E-state index in [9.17, 15) is 0 Å². The van der Waals surface area contributed by atoms with Gasteiger partial charge in [-0.3, -0.25) is 0 Å². The van der Waals surface area contributed by atoms with E-state index < -0.39 is 0 Å². The highest BCUT2D eigenvalue weighted by molar-refractivity contribution is 5.79. The lowest BCUT2D eigenvalue weighted by Crippen LogP contribution is -1.99. The van der Waals surface area contributed by atoms with E-state index in [1.807, 2.05) is 12.3 Å². The zero-order chi connectivity index (χ0) is 13.2. The minimum Gasteiger partial charge on any atom is -0.381 e. The van der Waals surface area contributed by atoms with Crippen molar-refractivity contribution in [2.45, 2.75) is 20.4 Å². The molecule has 0 saturated heterocycles. The second kappa shape index (κ2) is 4.76. The molecule has 1 aromatic carbocycles. The maximum absolute atomic E-state index is 4.30. The number of H-pyrrole nitrogens is 1. The van der Waals surface area contributed by atoms with Gasteiger partial charge in [0.15, 0.2) is 0 Å². The van der Waals surface area contributed by atoms with Gasteiger partial charge in [-0.25, -0.2) is 4.98 Å². The van der Waals surface area contributed by atoms with E-state index in [2.05, 4.69) is 53.4 Å². The Hall–Kier alpha value is -2.29. The van der Waals surface area contributed by atoms with Gasteiger partial charge in [0.2, 0.25) is 0 Å². The number of aromatic nitrogens is 2. The molecule has 0 unspecified atom stereocenters. The molecule has 2 aromatic heterocycles. The smallest absolute Gasteiger partial charge is 0.137 e. The van der Waals surface area contributed by atoms with Crippen molar-refractivity contribution in [1.29, 1.82) is 0 Å². The predicted octanol–water partition coefficient (Wildman–Crippen LogP) is 3.79. The number of nitrogens with zero attached hydrogens (tertiary/aromatic N) is 1. The Bertz CT molecular complexity index is 693. The molecule has 3 nitrogen and oxygen atoms in total. The summed E-state index contributed by atoms with van der Waals surface area (Å²) >= 11 is 0. The Morgan fingerprint density at radius 1 is 1.16 bits per heavy atom. The molecule has 2 N–H and O–H groups in total. The predicted molar refractivity (Wildman–Crippen MR) is 79.3 cm³/mol. The summed E-state index contributed by atoms with van der Waals surface area (Å²) in [6.45, 7) is 5.04. The number of rotatable bonds is 3. The van der Waals surface area contributed by atoms with Crippen LogP contribution in [0.3, 0.4) is 0 Å². The number of fused-ring (bicyclic) bond motifs is 1. The molecule has 0 bridgehead atoms. The number of hydrogen-bond donors (Lipinski definition) is 2. The number of hydrogen-bond acceptors (Lipinski definition) is 2.